The first kappa shape index (κ1) is 17.0. The summed E-state index contributed by atoms with van der Waals surface area (Å²) in [6, 6.07) is 11.1. The second kappa shape index (κ2) is 6.99. The normalized spacial score (nSPS) is 11.3. The van der Waals surface area contributed by atoms with Crippen LogP contribution in [0.2, 0.25) is 0 Å². The Kier molecular flexibility index (Phi) is 4.76. The molecule has 0 saturated carbocycles. The molecule has 0 radical (unpaired) electrons. The molecule has 130 valence electrons. The molecule has 0 atom stereocenters. The summed E-state index contributed by atoms with van der Waals surface area (Å²) in [5.74, 6) is 0.680. The molecular formula is C20H21NO4. The fraction of sp³-hybridized carbons (Fsp3) is 0.250. The molecule has 25 heavy (non-hydrogen) atoms. The maximum Gasteiger partial charge on any atom is 0.193 e. The largest absolute Gasteiger partial charge is 0.508 e. The third-order valence-corrected chi connectivity index (χ3v) is 4.41. The topological polar surface area (TPSA) is 73.9 Å². The predicted molar refractivity (Wildman–Crippen MR) is 97.9 cm³/mol. The van der Waals surface area contributed by atoms with Crippen molar-refractivity contribution >= 4 is 11.0 Å². The first-order valence-corrected chi connectivity index (χ1v) is 8.34. The summed E-state index contributed by atoms with van der Waals surface area (Å²) in [5.41, 5.74) is 1.54. The molecule has 0 bridgehead atoms. The lowest BCUT2D eigenvalue weighted by Crippen LogP contribution is -2.23. The molecule has 1 aromatic heterocycles. The first-order chi connectivity index (χ1) is 12.0. The molecule has 5 heteroatoms. The Labute approximate surface area is 145 Å². The van der Waals surface area contributed by atoms with Gasteiger partial charge in [0.25, 0.3) is 0 Å². The molecule has 3 aromatic rings. The highest BCUT2D eigenvalue weighted by atomic mass is 16.3. The number of aromatic hydroxyl groups is 2. The highest BCUT2D eigenvalue weighted by Crippen LogP contribution is 2.29. The van der Waals surface area contributed by atoms with Crippen molar-refractivity contribution in [3.05, 3.63) is 58.3 Å². The summed E-state index contributed by atoms with van der Waals surface area (Å²) in [7, 11) is 0. The number of phenols is 2. The molecule has 0 saturated heterocycles. The van der Waals surface area contributed by atoms with Gasteiger partial charge in [-0.05, 0) is 49.5 Å². The molecule has 3 rings (SSSR count). The van der Waals surface area contributed by atoms with Crippen LogP contribution in [0, 0.1) is 0 Å². The van der Waals surface area contributed by atoms with Crippen LogP contribution in [0.5, 0.6) is 11.5 Å². The third kappa shape index (κ3) is 3.37. The Balaban J connectivity index is 2.15. The van der Waals surface area contributed by atoms with Crippen LogP contribution in [-0.2, 0) is 6.54 Å². The van der Waals surface area contributed by atoms with Gasteiger partial charge in [-0.3, -0.25) is 9.69 Å². The highest BCUT2D eigenvalue weighted by molar-refractivity contribution is 5.84. The van der Waals surface area contributed by atoms with Crippen molar-refractivity contribution in [2.45, 2.75) is 20.4 Å². The van der Waals surface area contributed by atoms with E-state index in [1.807, 2.05) is 13.8 Å². The fourth-order valence-electron chi connectivity index (χ4n) is 2.91. The molecule has 0 aliphatic carbocycles. The van der Waals surface area contributed by atoms with Crippen molar-refractivity contribution in [3.8, 4) is 22.8 Å². The quantitative estimate of drug-likeness (QED) is 0.741. The zero-order valence-corrected chi connectivity index (χ0v) is 14.3. The molecule has 0 unspecified atom stereocenters. The van der Waals surface area contributed by atoms with Crippen LogP contribution in [-0.4, -0.2) is 28.2 Å². The van der Waals surface area contributed by atoms with Crippen molar-refractivity contribution in [1.82, 2.24) is 4.90 Å². The number of nitrogens with zero attached hydrogens (tertiary/aromatic N) is 1. The van der Waals surface area contributed by atoms with Crippen LogP contribution >= 0.6 is 0 Å². The zero-order chi connectivity index (χ0) is 18.0. The SMILES string of the molecule is CCN(CC)Cc1c(O)ccc2oc(-c3ccc(O)cc3)cc(=O)c12. The van der Waals surface area contributed by atoms with E-state index in [9.17, 15) is 15.0 Å². The Morgan fingerprint density at radius 3 is 2.32 bits per heavy atom. The molecule has 0 amide bonds. The monoisotopic (exact) mass is 339 g/mol. The van der Waals surface area contributed by atoms with E-state index in [0.717, 1.165) is 13.1 Å². The van der Waals surface area contributed by atoms with E-state index >= 15 is 0 Å². The standard InChI is InChI=1S/C20H21NO4/c1-3-21(4-2)12-15-16(23)9-10-18-20(15)17(24)11-19(25-18)13-5-7-14(22)8-6-13/h5-11,22-23H,3-4,12H2,1-2H3. The molecular weight excluding hydrogens is 318 g/mol. The van der Waals surface area contributed by atoms with E-state index < -0.39 is 0 Å². The second-order valence-corrected chi connectivity index (χ2v) is 5.92. The van der Waals surface area contributed by atoms with Crippen molar-refractivity contribution < 1.29 is 14.6 Å². The molecule has 0 fully saturated rings. The molecule has 5 nitrogen and oxygen atoms in total. The highest BCUT2D eigenvalue weighted by Gasteiger charge is 2.16. The molecule has 1 heterocycles. The lowest BCUT2D eigenvalue weighted by atomic mass is 10.1. The van der Waals surface area contributed by atoms with Gasteiger partial charge >= 0.3 is 0 Å². The third-order valence-electron chi connectivity index (χ3n) is 4.41. The number of fused-ring (bicyclic) bond motifs is 1. The van der Waals surface area contributed by atoms with Crippen molar-refractivity contribution in [2.75, 3.05) is 13.1 Å². The lowest BCUT2D eigenvalue weighted by Gasteiger charge is -2.19. The number of hydrogen-bond donors (Lipinski definition) is 2. The van der Waals surface area contributed by atoms with Crippen molar-refractivity contribution in [1.29, 1.82) is 0 Å². The second-order valence-electron chi connectivity index (χ2n) is 5.92. The lowest BCUT2D eigenvalue weighted by molar-refractivity contribution is 0.292. The van der Waals surface area contributed by atoms with Gasteiger partial charge in [0.05, 0.1) is 5.39 Å². The van der Waals surface area contributed by atoms with Gasteiger partial charge in [-0.15, -0.1) is 0 Å². The van der Waals surface area contributed by atoms with Gasteiger partial charge in [-0.25, -0.2) is 0 Å². The molecule has 2 N–H and O–H groups in total. The van der Waals surface area contributed by atoms with Gasteiger partial charge in [-0.2, -0.15) is 0 Å². The minimum Gasteiger partial charge on any atom is -0.508 e. The number of phenolic OH excluding ortho intramolecular Hbond substituents is 2. The van der Waals surface area contributed by atoms with Gasteiger partial charge in [-0.1, -0.05) is 13.8 Å². The van der Waals surface area contributed by atoms with Gasteiger partial charge in [0.2, 0.25) is 0 Å². The summed E-state index contributed by atoms with van der Waals surface area (Å²) < 4.78 is 5.90. The van der Waals surface area contributed by atoms with E-state index in [4.69, 9.17) is 4.42 Å². The van der Waals surface area contributed by atoms with E-state index in [1.165, 1.54) is 6.07 Å². The minimum atomic E-state index is -0.192. The van der Waals surface area contributed by atoms with Crippen LogP contribution in [0.15, 0.2) is 51.7 Å². The van der Waals surface area contributed by atoms with E-state index in [0.29, 0.717) is 34.4 Å². The summed E-state index contributed by atoms with van der Waals surface area (Å²) in [4.78, 5) is 14.9. The summed E-state index contributed by atoms with van der Waals surface area (Å²) in [6.45, 7) is 6.21. The Morgan fingerprint density at radius 1 is 1.00 bits per heavy atom. The average molecular weight is 339 g/mol. The smallest absolute Gasteiger partial charge is 0.193 e. The maximum absolute atomic E-state index is 12.7. The van der Waals surface area contributed by atoms with Crippen LogP contribution in [0.3, 0.4) is 0 Å². The van der Waals surface area contributed by atoms with Gasteiger partial charge in [0.1, 0.15) is 22.8 Å². The fourth-order valence-corrected chi connectivity index (χ4v) is 2.91. The van der Waals surface area contributed by atoms with Gasteiger partial charge in [0, 0.05) is 23.7 Å². The molecule has 0 aliphatic rings. The molecule has 0 aliphatic heterocycles. The van der Waals surface area contributed by atoms with Crippen LogP contribution in [0.4, 0.5) is 0 Å². The van der Waals surface area contributed by atoms with E-state index in [2.05, 4.69) is 4.90 Å². The summed E-state index contributed by atoms with van der Waals surface area (Å²) in [5, 5.41) is 20.1. The average Bonchev–Trinajstić information content (AvgIpc) is 2.61. The number of hydrogen-bond acceptors (Lipinski definition) is 5. The minimum absolute atomic E-state index is 0.101. The van der Waals surface area contributed by atoms with Crippen molar-refractivity contribution in [3.63, 3.8) is 0 Å². The number of rotatable bonds is 5. The van der Waals surface area contributed by atoms with Crippen LogP contribution in [0.25, 0.3) is 22.3 Å². The summed E-state index contributed by atoms with van der Waals surface area (Å²) in [6.07, 6.45) is 0. The molecule has 0 spiro atoms. The maximum atomic E-state index is 12.7. The van der Waals surface area contributed by atoms with E-state index in [-0.39, 0.29) is 16.9 Å². The Bertz CT molecular complexity index is 940. The summed E-state index contributed by atoms with van der Waals surface area (Å²) >= 11 is 0. The Morgan fingerprint density at radius 2 is 1.68 bits per heavy atom. The molecule has 2 aromatic carbocycles. The van der Waals surface area contributed by atoms with Crippen molar-refractivity contribution in [2.24, 2.45) is 0 Å². The first-order valence-electron chi connectivity index (χ1n) is 8.34. The van der Waals surface area contributed by atoms with Crippen LogP contribution in [0.1, 0.15) is 19.4 Å². The Hall–Kier alpha value is -2.79. The van der Waals surface area contributed by atoms with Gasteiger partial charge in [0.15, 0.2) is 5.43 Å². The van der Waals surface area contributed by atoms with Gasteiger partial charge < -0.3 is 14.6 Å². The van der Waals surface area contributed by atoms with Crippen LogP contribution < -0.4 is 5.43 Å². The number of benzene rings is 2. The predicted octanol–water partition coefficient (Wildman–Crippen LogP) is 3.71. The van der Waals surface area contributed by atoms with E-state index in [1.54, 1.807) is 36.4 Å². The zero-order valence-electron chi connectivity index (χ0n) is 14.3.